The summed E-state index contributed by atoms with van der Waals surface area (Å²) in [6.07, 6.45) is 5.47. The average Bonchev–Trinajstić information content (AvgIpc) is 2.29. The molecule has 2 rings (SSSR count). The molecule has 2 N–H and O–H groups in total. The molecule has 0 aliphatic rings. The number of nitrogens with two attached hydrogens (primary N) is 1. The maximum Gasteiger partial charge on any atom is 0.136 e. The molecule has 0 unspecified atom stereocenters. The third kappa shape index (κ3) is 1.99. The zero-order valence-corrected chi connectivity index (χ0v) is 9.95. The van der Waals surface area contributed by atoms with Gasteiger partial charge in [0.15, 0.2) is 0 Å². The Hall–Kier alpha value is -1.62. The zero-order valence-electron chi connectivity index (χ0n) is 9.14. The van der Waals surface area contributed by atoms with Crippen LogP contribution in [0.5, 0.6) is 0 Å². The van der Waals surface area contributed by atoms with Gasteiger partial charge in [0.25, 0.3) is 0 Å². The molecule has 16 heavy (non-hydrogen) atoms. The summed E-state index contributed by atoms with van der Waals surface area (Å²) in [6.45, 7) is 1.84. The third-order valence-corrected chi connectivity index (χ3v) is 2.84. The lowest BCUT2D eigenvalue weighted by Gasteiger charge is -2.09. The Balaban J connectivity index is 2.64. The lowest BCUT2D eigenvalue weighted by Crippen LogP contribution is -2.01. The molecule has 0 fully saturated rings. The molecule has 0 aliphatic carbocycles. The molecule has 0 atom stereocenters. The fourth-order valence-corrected chi connectivity index (χ4v) is 2.15. The van der Waals surface area contributed by atoms with E-state index >= 15 is 0 Å². The van der Waals surface area contributed by atoms with E-state index in [1.807, 2.05) is 25.3 Å². The van der Waals surface area contributed by atoms with E-state index < -0.39 is 0 Å². The van der Waals surface area contributed by atoms with Crippen molar-refractivity contribution in [2.24, 2.45) is 0 Å². The molecular formula is C11H12N4S. The van der Waals surface area contributed by atoms with Crippen LogP contribution in [-0.2, 0) is 0 Å². The molecule has 2 aromatic heterocycles. The summed E-state index contributed by atoms with van der Waals surface area (Å²) in [5.41, 5.74) is 7.75. The highest BCUT2D eigenvalue weighted by Gasteiger charge is 2.12. The third-order valence-electron chi connectivity index (χ3n) is 2.16. The Bertz CT molecular complexity index is 499. The van der Waals surface area contributed by atoms with E-state index in [-0.39, 0.29) is 0 Å². The van der Waals surface area contributed by atoms with Crippen LogP contribution in [0.15, 0.2) is 29.6 Å². The first-order valence-electron chi connectivity index (χ1n) is 4.81. The SMILES string of the molecule is CSc1nc(C)nc(N)c1-c1cccnc1. The van der Waals surface area contributed by atoms with Crippen molar-refractivity contribution >= 4 is 17.6 Å². The summed E-state index contributed by atoms with van der Waals surface area (Å²) >= 11 is 1.56. The maximum absolute atomic E-state index is 5.94. The van der Waals surface area contributed by atoms with Crippen LogP contribution in [0.2, 0.25) is 0 Å². The molecule has 0 saturated heterocycles. The summed E-state index contributed by atoms with van der Waals surface area (Å²) in [5, 5.41) is 0.887. The number of aryl methyl sites for hydroxylation is 1. The maximum atomic E-state index is 5.94. The molecule has 2 heterocycles. The second-order valence-electron chi connectivity index (χ2n) is 3.28. The molecule has 82 valence electrons. The predicted molar refractivity (Wildman–Crippen MR) is 66.2 cm³/mol. The molecule has 5 heteroatoms. The van der Waals surface area contributed by atoms with E-state index in [2.05, 4.69) is 15.0 Å². The number of hydrogen-bond donors (Lipinski definition) is 1. The van der Waals surface area contributed by atoms with Gasteiger partial charge in [-0.3, -0.25) is 4.98 Å². The summed E-state index contributed by atoms with van der Waals surface area (Å²) < 4.78 is 0. The van der Waals surface area contributed by atoms with Crippen LogP contribution in [0.3, 0.4) is 0 Å². The summed E-state index contributed by atoms with van der Waals surface area (Å²) in [6, 6.07) is 3.83. The zero-order chi connectivity index (χ0) is 11.5. The minimum atomic E-state index is 0.504. The van der Waals surface area contributed by atoms with Crippen molar-refractivity contribution in [2.75, 3.05) is 12.0 Å². The fourth-order valence-electron chi connectivity index (χ4n) is 1.50. The van der Waals surface area contributed by atoms with Gasteiger partial charge in [0.2, 0.25) is 0 Å². The van der Waals surface area contributed by atoms with Gasteiger partial charge in [0.1, 0.15) is 16.7 Å². The first-order valence-corrected chi connectivity index (χ1v) is 6.03. The number of rotatable bonds is 2. The summed E-state index contributed by atoms with van der Waals surface area (Å²) in [7, 11) is 0. The molecule has 0 bridgehead atoms. The Morgan fingerprint density at radius 3 is 2.75 bits per heavy atom. The first-order chi connectivity index (χ1) is 7.72. The molecule has 0 aromatic carbocycles. The highest BCUT2D eigenvalue weighted by Crippen LogP contribution is 2.31. The molecule has 0 spiro atoms. The van der Waals surface area contributed by atoms with Crippen LogP contribution in [0.25, 0.3) is 11.1 Å². The standard InChI is InChI=1S/C11H12N4S/c1-7-14-10(12)9(11(15-7)16-2)8-4-3-5-13-6-8/h3-6H,1-2H3,(H2,12,14,15). The van der Waals surface area contributed by atoms with Gasteiger partial charge in [-0.2, -0.15) is 0 Å². The molecule has 4 nitrogen and oxygen atoms in total. The van der Waals surface area contributed by atoms with Crippen molar-refractivity contribution in [1.82, 2.24) is 15.0 Å². The molecule has 2 aromatic rings. The number of nitrogen functional groups attached to an aromatic ring is 1. The van der Waals surface area contributed by atoms with Gasteiger partial charge in [-0.25, -0.2) is 9.97 Å². The van der Waals surface area contributed by atoms with Crippen molar-refractivity contribution < 1.29 is 0 Å². The lowest BCUT2D eigenvalue weighted by molar-refractivity contribution is 0.981. The normalized spacial score (nSPS) is 10.4. The van der Waals surface area contributed by atoms with E-state index in [4.69, 9.17) is 5.73 Å². The molecule has 0 amide bonds. The Labute approximate surface area is 98.3 Å². The quantitative estimate of drug-likeness (QED) is 0.635. The summed E-state index contributed by atoms with van der Waals surface area (Å²) in [4.78, 5) is 12.6. The van der Waals surface area contributed by atoms with Crippen LogP contribution in [0.1, 0.15) is 5.82 Å². The largest absolute Gasteiger partial charge is 0.383 e. The molecule has 0 radical (unpaired) electrons. The smallest absolute Gasteiger partial charge is 0.136 e. The first kappa shape index (κ1) is 10.9. The Morgan fingerprint density at radius 2 is 2.12 bits per heavy atom. The number of aromatic nitrogens is 3. The van der Waals surface area contributed by atoms with E-state index in [1.165, 1.54) is 0 Å². The van der Waals surface area contributed by atoms with Gasteiger partial charge < -0.3 is 5.73 Å². The van der Waals surface area contributed by atoms with Gasteiger partial charge in [-0.15, -0.1) is 11.8 Å². The van der Waals surface area contributed by atoms with Gasteiger partial charge in [0.05, 0.1) is 5.56 Å². The highest BCUT2D eigenvalue weighted by atomic mass is 32.2. The minimum absolute atomic E-state index is 0.504. The van der Waals surface area contributed by atoms with Crippen LogP contribution < -0.4 is 5.73 Å². The minimum Gasteiger partial charge on any atom is -0.383 e. The van der Waals surface area contributed by atoms with Crippen LogP contribution in [0, 0.1) is 6.92 Å². The average molecular weight is 232 g/mol. The molecule has 0 saturated carbocycles. The van der Waals surface area contributed by atoms with Gasteiger partial charge >= 0.3 is 0 Å². The van der Waals surface area contributed by atoms with E-state index in [0.29, 0.717) is 11.6 Å². The van der Waals surface area contributed by atoms with Crippen LogP contribution >= 0.6 is 11.8 Å². The second kappa shape index (κ2) is 4.49. The number of pyridine rings is 1. The van der Waals surface area contributed by atoms with Gasteiger partial charge in [0, 0.05) is 18.0 Å². The van der Waals surface area contributed by atoms with Crippen LogP contribution in [0.4, 0.5) is 5.82 Å². The van der Waals surface area contributed by atoms with Gasteiger partial charge in [-0.1, -0.05) is 6.07 Å². The monoisotopic (exact) mass is 232 g/mol. The Morgan fingerprint density at radius 1 is 1.31 bits per heavy atom. The van der Waals surface area contributed by atoms with Crippen molar-refractivity contribution in [2.45, 2.75) is 11.9 Å². The van der Waals surface area contributed by atoms with E-state index in [1.54, 1.807) is 24.2 Å². The van der Waals surface area contributed by atoms with Crippen molar-refractivity contribution in [1.29, 1.82) is 0 Å². The van der Waals surface area contributed by atoms with Crippen molar-refractivity contribution in [3.05, 3.63) is 30.4 Å². The number of thioether (sulfide) groups is 1. The van der Waals surface area contributed by atoms with Crippen LogP contribution in [-0.4, -0.2) is 21.2 Å². The molecule has 0 aliphatic heterocycles. The summed E-state index contributed by atoms with van der Waals surface area (Å²) in [5.74, 6) is 1.19. The van der Waals surface area contributed by atoms with Crippen molar-refractivity contribution in [3.8, 4) is 11.1 Å². The van der Waals surface area contributed by atoms with Crippen molar-refractivity contribution in [3.63, 3.8) is 0 Å². The topological polar surface area (TPSA) is 64.7 Å². The number of nitrogens with zero attached hydrogens (tertiary/aromatic N) is 3. The van der Waals surface area contributed by atoms with E-state index in [0.717, 1.165) is 16.2 Å². The Kier molecular flexibility index (Phi) is 3.05. The molecular weight excluding hydrogens is 220 g/mol. The predicted octanol–water partition coefficient (Wildman–Crippen LogP) is 2.15. The van der Waals surface area contributed by atoms with Gasteiger partial charge in [-0.05, 0) is 19.2 Å². The lowest BCUT2D eigenvalue weighted by atomic mass is 10.1. The second-order valence-corrected chi connectivity index (χ2v) is 4.08. The fraction of sp³-hybridized carbons (Fsp3) is 0.182. The number of anilines is 1. The highest BCUT2D eigenvalue weighted by molar-refractivity contribution is 7.98. The van der Waals surface area contributed by atoms with E-state index in [9.17, 15) is 0 Å². The number of hydrogen-bond acceptors (Lipinski definition) is 5.